The fourth-order valence-electron chi connectivity index (χ4n) is 3.11. The van der Waals surface area contributed by atoms with Crippen molar-refractivity contribution < 1.29 is 19.7 Å². The number of carboxylic acid groups (broad SMARTS) is 1. The molecule has 0 spiro atoms. The number of aryl methyl sites for hydroxylation is 1. The molecular formula is C22H34O4. The molecule has 0 aromatic heterocycles. The number of phenols is 1. The van der Waals surface area contributed by atoms with Crippen LogP contribution < -0.4 is 4.74 Å². The number of unbranched alkanes of at least 4 members (excludes halogenated alkanes) is 2. The lowest BCUT2D eigenvalue weighted by Gasteiger charge is -2.20. The van der Waals surface area contributed by atoms with Crippen LogP contribution in [-0.2, 0) is 12.8 Å². The number of hydrogen-bond donors (Lipinski definition) is 2. The Morgan fingerprint density at radius 3 is 2.46 bits per heavy atom. The Labute approximate surface area is 157 Å². The third-order valence-electron chi connectivity index (χ3n) is 4.39. The molecule has 0 amide bonds. The first-order valence-electron chi connectivity index (χ1n) is 9.75. The number of rotatable bonds is 11. The van der Waals surface area contributed by atoms with Crippen molar-refractivity contribution >= 4 is 5.97 Å². The molecule has 146 valence electrons. The molecular weight excluding hydrogens is 328 g/mol. The van der Waals surface area contributed by atoms with Gasteiger partial charge >= 0.3 is 5.97 Å². The molecule has 0 heterocycles. The zero-order valence-electron chi connectivity index (χ0n) is 16.9. The molecule has 4 nitrogen and oxygen atoms in total. The first-order chi connectivity index (χ1) is 12.3. The smallest absolute Gasteiger partial charge is 0.339 e. The van der Waals surface area contributed by atoms with Crippen LogP contribution >= 0.6 is 0 Å². The maximum Gasteiger partial charge on any atom is 0.339 e. The molecule has 0 saturated carbocycles. The van der Waals surface area contributed by atoms with Gasteiger partial charge in [-0.15, -0.1) is 0 Å². The van der Waals surface area contributed by atoms with Gasteiger partial charge in [-0.05, 0) is 64.5 Å². The molecule has 0 aliphatic heterocycles. The predicted molar refractivity (Wildman–Crippen MR) is 106 cm³/mol. The van der Waals surface area contributed by atoms with E-state index in [4.69, 9.17) is 4.74 Å². The van der Waals surface area contributed by atoms with Crippen molar-refractivity contribution in [2.75, 3.05) is 0 Å². The van der Waals surface area contributed by atoms with Gasteiger partial charge in [-0.2, -0.15) is 0 Å². The highest BCUT2D eigenvalue weighted by atomic mass is 16.5. The maximum atomic E-state index is 11.8. The lowest BCUT2D eigenvalue weighted by Crippen LogP contribution is -2.12. The van der Waals surface area contributed by atoms with E-state index in [0.717, 1.165) is 32.1 Å². The van der Waals surface area contributed by atoms with Gasteiger partial charge in [0.25, 0.3) is 0 Å². The van der Waals surface area contributed by atoms with Gasteiger partial charge in [0.2, 0.25) is 0 Å². The highest BCUT2D eigenvalue weighted by Crippen LogP contribution is 2.37. The molecule has 0 bridgehead atoms. The minimum atomic E-state index is -1.08. The van der Waals surface area contributed by atoms with E-state index in [1.807, 2.05) is 19.9 Å². The third-order valence-corrected chi connectivity index (χ3v) is 4.39. The minimum absolute atomic E-state index is 0.0318. The van der Waals surface area contributed by atoms with Crippen LogP contribution in [0.4, 0.5) is 0 Å². The number of hydrogen-bond acceptors (Lipinski definition) is 3. The van der Waals surface area contributed by atoms with Crippen LogP contribution in [0.5, 0.6) is 11.5 Å². The SMILES string of the molecule is CC/C=C(/C)CCc1c(OC(C)C)cc(CCCCC)c(C(=O)O)c1O. The van der Waals surface area contributed by atoms with E-state index in [0.29, 0.717) is 29.7 Å². The van der Waals surface area contributed by atoms with E-state index in [1.54, 1.807) is 0 Å². The summed E-state index contributed by atoms with van der Waals surface area (Å²) >= 11 is 0. The molecule has 0 aliphatic rings. The second-order valence-corrected chi connectivity index (χ2v) is 7.12. The summed E-state index contributed by atoms with van der Waals surface area (Å²) in [6.45, 7) is 10.1. The molecule has 2 N–H and O–H groups in total. The Bertz CT molecular complexity index is 630. The third kappa shape index (κ3) is 6.40. The lowest BCUT2D eigenvalue weighted by atomic mass is 9.93. The van der Waals surface area contributed by atoms with Crippen LogP contribution in [0.25, 0.3) is 0 Å². The Morgan fingerprint density at radius 2 is 1.92 bits per heavy atom. The van der Waals surface area contributed by atoms with Crippen LogP contribution in [0.2, 0.25) is 0 Å². The number of carboxylic acids is 1. The first-order valence-corrected chi connectivity index (χ1v) is 9.75. The summed E-state index contributed by atoms with van der Waals surface area (Å²) in [5, 5.41) is 20.4. The highest BCUT2D eigenvalue weighted by Gasteiger charge is 2.23. The Balaban J connectivity index is 3.33. The number of benzene rings is 1. The fraction of sp³-hybridized carbons (Fsp3) is 0.591. The van der Waals surface area contributed by atoms with Gasteiger partial charge in [0.05, 0.1) is 6.10 Å². The molecule has 0 unspecified atom stereocenters. The van der Waals surface area contributed by atoms with Crippen molar-refractivity contribution in [2.24, 2.45) is 0 Å². The zero-order valence-corrected chi connectivity index (χ0v) is 16.9. The molecule has 0 radical (unpaired) electrons. The van der Waals surface area contributed by atoms with Crippen molar-refractivity contribution in [1.29, 1.82) is 0 Å². The molecule has 1 aromatic rings. The van der Waals surface area contributed by atoms with Crippen molar-refractivity contribution in [3.8, 4) is 11.5 Å². The lowest BCUT2D eigenvalue weighted by molar-refractivity contribution is 0.0692. The normalized spacial score (nSPS) is 11.8. The monoisotopic (exact) mass is 362 g/mol. The van der Waals surface area contributed by atoms with E-state index in [2.05, 4.69) is 26.8 Å². The number of carbonyl (C=O) groups is 1. The van der Waals surface area contributed by atoms with Crippen molar-refractivity contribution in [3.05, 3.63) is 34.4 Å². The highest BCUT2D eigenvalue weighted by molar-refractivity contribution is 5.93. The second-order valence-electron chi connectivity index (χ2n) is 7.12. The van der Waals surface area contributed by atoms with E-state index >= 15 is 0 Å². The number of aromatic hydroxyl groups is 1. The van der Waals surface area contributed by atoms with Gasteiger partial charge in [0, 0.05) is 5.56 Å². The van der Waals surface area contributed by atoms with Gasteiger partial charge in [-0.25, -0.2) is 4.79 Å². The predicted octanol–water partition coefficient (Wildman–Crippen LogP) is 5.90. The van der Waals surface area contributed by atoms with Crippen LogP contribution in [0.3, 0.4) is 0 Å². The largest absolute Gasteiger partial charge is 0.507 e. The van der Waals surface area contributed by atoms with Gasteiger partial charge in [0.1, 0.15) is 17.1 Å². The number of allylic oxidation sites excluding steroid dienone is 2. The Kier molecular flexibility index (Phi) is 9.25. The van der Waals surface area contributed by atoms with E-state index < -0.39 is 5.97 Å². The van der Waals surface area contributed by atoms with Gasteiger partial charge in [-0.1, -0.05) is 38.3 Å². The zero-order chi connectivity index (χ0) is 19.7. The second kappa shape index (κ2) is 10.9. The molecule has 4 heteroatoms. The van der Waals surface area contributed by atoms with Gasteiger partial charge in [0.15, 0.2) is 0 Å². The quantitative estimate of drug-likeness (QED) is 0.380. The molecule has 1 aromatic carbocycles. The summed E-state index contributed by atoms with van der Waals surface area (Å²) in [7, 11) is 0. The molecule has 0 fully saturated rings. The van der Waals surface area contributed by atoms with Crippen LogP contribution in [0, 0.1) is 0 Å². The summed E-state index contributed by atoms with van der Waals surface area (Å²) in [6, 6.07) is 1.83. The van der Waals surface area contributed by atoms with Gasteiger partial charge < -0.3 is 14.9 Å². The summed E-state index contributed by atoms with van der Waals surface area (Å²) in [5.74, 6) is -0.600. The van der Waals surface area contributed by atoms with Crippen LogP contribution in [0.1, 0.15) is 88.2 Å². The minimum Gasteiger partial charge on any atom is -0.507 e. The summed E-state index contributed by atoms with van der Waals surface area (Å²) in [6.07, 6.45) is 8.02. The first kappa shape index (κ1) is 22.1. The standard InChI is InChI=1S/C22H34O4/c1-6-8-9-11-17-14-19(26-15(3)4)18(13-12-16(5)10-7-2)21(23)20(17)22(24)25/h10,14-15,23H,6-9,11-13H2,1-5H3,(H,24,25)/b16-10-. The fourth-order valence-corrected chi connectivity index (χ4v) is 3.11. The number of ether oxygens (including phenoxy) is 1. The summed E-state index contributed by atoms with van der Waals surface area (Å²) < 4.78 is 5.93. The Morgan fingerprint density at radius 1 is 1.23 bits per heavy atom. The van der Waals surface area contributed by atoms with Crippen molar-refractivity contribution in [2.45, 2.75) is 85.7 Å². The van der Waals surface area contributed by atoms with Crippen molar-refractivity contribution in [1.82, 2.24) is 0 Å². The molecule has 0 saturated heterocycles. The average Bonchev–Trinajstić information content (AvgIpc) is 2.53. The molecule has 0 aliphatic carbocycles. The van der Waals surface area contributed by atoms with Crippen molar-refractivity contribution in [3.63, 3.8) is 0 Å². The molecule has 26 heavy (non-hydrogen) atoms. The topological polar surface area (TPSA) is 66.8 Å². The summed E-state index contributed by atoms with van der Waals surface area (Å²) in [5.41, 5.74) is 2.51. The average molecular weight is 363 g/mol. The molecule has 0 atom stereocenters. The van der Waals surface area contributed by atoms with E-state index in [9.17, 15) is 15.0 Å². The van der Waals surface area contributed by atoms with Crippen LogP contribution in [0.15, 0.2) is 17.7 Å². The van der Waals surface area contributed by atoms with E-state index in [1.165, 1.54) is 5.57 Å². The van der Waals surface area contributed by atoms with Gasteiger partial charge in [-0.3, -0.25) is 0 Å². The maximum absolute atomic E-state index is 11.8. The number of aromatic carboxylic acids is 1. The molecule has 1 rings (SSSR count). The Hall–Kier alpha value is -1.97. The van der Waals surface area contributed by atoms with E-state index in [-0.39, 0.29) is 17.4 Å². The van der Waals surface area contributed by atoms with Crippen LogP contribution in [-0.4, -0.2) is 22.3 Å². The summed E-state index contributed by atoms with van der Waals surface area (Å²) in [4.78, 5) is 11.8.